The molecule has 0 aliphatic heterocycles. The number of ether oxygens (including phenoxy) is 2. The second-order valence-corrected chi connectivity index (χ2v) is 11.1. The van der Waals surface area contributed by atoms with E-state index >= 15 is 0 Å². The maximum Gasteiger partial charge on any atom is 0.327 e. The van der Waals surface area contributed by atoms with Gasteiger partial charge in [0, 0.05) is 13.2 Å². The van der Waals surface area contributed by atoms with Crippen molar-refractivity contribution in [1.82, 2.24) is 0 Å². The molecule has 0 aliphatic carbocycles. The van der Waals surface area contributed by atoms with Gasteiger partial charge < -0.3 is 38.1 Å². The second-order valence-electron chi connectivity index (χ2n) is 9.61. The average molecular weight is 545 g/mol. The third-order valence-corrected chi connectivity index (χ3v) is 6.79. The standard InChI is InChI=1S/C25H54O8P2/c1-3-5-7-9-11-13-15-17-19-30-21-25(23-32-34(26)27,24-33-35(28)29)22-31-20-18-16-14-12-10-8-6-4-2/h26-29H,3-24H2,1-2H3. The van der Waals surface area contributed by atoms with E-state index in [1.807, 2.05) is 0 Å². The highest BCUT2D eigenvalue weighted by molar-refractivity contribution is 7.39. The van der Waals surface area contributed by atoms with Gasteiger partial charge in [-0.2, -0.15) is 0 Å². The topological polar surface area (TPSA) is 118 Å². The van der Waals surface area contributed by atoms with Crippen molar-refractivity contribution in [2.24, 2.45) is 5.41 Å². The van der Waals surface area contributed by atoms with Crippen LogP contribution in [0.25, 0.3) is 0 Å². The van der Waals surface area contributed by atoms with Gasteiger partial charge in [0.2, 0.25) is 0 Å². The number of hydrogen-bond donors (Lipinski definition) is 4. The summed E-state index contributed by atoms with van der Waals surface area (Å²) in [5.41, 5.74) is -0.849. The molecular formula is C25H54O8P2. The van der Waals surface area contributed by atoms with E-state index in [-0.39, 0.29) is 26.4 Å². The van der Waals surface area contributed by atoms with Crippen LogP contribution < -0.4 is 0 Å². The lowest BCUT2D eigenvalue weighted by molar-refractivity contribution is -0.0703. The molecule has 0 aromatic heterocycles. The van der Waals surface area contributed by atoms with E-state index in [1.165, 1.54) is 77.0 Å². The summed E-state index contributed by atoms with van der Waals surface area (Å²) < 4.78 is 22.0. The Hall–Kier alpha value is 0.540. The van der Waals surface area contributed by atoms with E-state index in [0.717, 1.165) is 25.7 Å². The fourth-order valence-corrected chi connectivity index (χ4v) is 4.67. The van der Waals surface area contributed by atoms with Crippen LogP contribution in [0.15, 0.2) is 0 Å². The molecule has 0 spiro atoms. The van der Waals surface area contributed by atoms with E-state index < -0.39 is 22.6 Å². The van der Waals surface area contributed by atoms with Crippen molar-refractivity contribution in [3.8, 4) is 0 Å². The lowest BCUT2D eigenvalue weighted by atomic mass is 9.92. The summed E-state index contributed by atoms with van der Waals surface area (Å²) in [7, 11) is -5.09. The van der Waals surface area contributed by atoms with E-state index in [0.29, 0.717) is 13.2 Å². The molecule has 0 amide bonds. The van der Waals surface area contributed by atoms with Gasteiger partial charge >= 0.3 is 17.2 Å². The number of hydrogen-bond acceptors (Lipinski definition) is 8. The second kappa shape index (κ2) is 26.2. The first-order chi connectivity index (χ1) is 17.0. The van der Waals surface area contributed by atoms with Crippen molar-refractivity contribution in [1.29, 1.82) is 0 Å². The first-order valence-corrected chi connectivity index (χ1v) is 16.1. The van der Waals surface area contributed by atoms with E-state index in [1.54, 1.807) is 0 Å². The van der Waals surface area contributed by atoms with E-state index in [4.69, 9.17) is 18.5 Å². The van der Waals surface area contributed by atoms with Gasteiger partial charge in [0.1, 0.15) is 0 Å². The monoisotopic (exact) mass is 544 g/mol. The van der Waals surface area contributed by atoms with Crippen LogP contribution >= 0.6 is 17.2 Å². The normalized spacial score (nSPS) is 12.3. The predicted molar refractivity (Wildman–Crippen MR) is 144 cm³/mol. The minimum atomic E-state index is -2.54. The predicted octanol–water partition coefficient (Wildman–Crippen LogP) is 6.74. The largest absolute Gasteiger partial charge is 0.381 e. The molecule has 0 aromatic rings. The summed E-state index contributed by atoms with van der Waals surface area (Å²) in [4.78, 5) is 37.1. The van der Waals surface area contributed by atoms with Crippen LogP contribution in [-0.4, -0.2) is 59.2 Å². The molecule has 0 unspecified atom stereocenters. The minimum absolute atomic E-state index is 0.0657. The Morgan fingerprint density at radius 1 is 0.457 bits per heavy atom. The molecule has 8 nitrogen and oxygen atoms in total. The maximum absolute atomic E-state index is 9.27. The van der Waals surface area contributed by atoms with Gasteiger partial charge in [-0.05, 0) is 12.8 Å². The summed E-state index contributed by atoms with van der Waals surface area (Å²) in [6, 6.07) is 0. The first kappa shape index (κ1) is 35.5. The average Bonchev–Trinajstić information content (AvgIpc) is 2.83. The summed E-state index contributed by atoms with van der Waals surface area (Å²) in [5, 5.41) is 0. The fourth-order valence-electron chi connectivity index (χ4n) is 3.89. The molecular weight excluding hydrogens is 490 g/mol. The molecule has 0 radical (unpaired) electrons. The van der Waals surface area contributed by atoms with Crippen LogP contribution in [0.3, 0.4) is 0 Å². The van der Waals surface area contributed by atoms with Crippen LogP contribution in [0.2, 0.25) is 0 Å². The molecule has 10 heteroatoms. The SMILES string of the molecule is CCCCCCCCCCOCC(COCCCCCCCCCC)(COP(O)O)COP(O)O. The lowest BCUT2D eigenvalue weighted by Crippen LogP contribution is -2.41. The van der Waals surface area contributed by atoms with Gasteiger partial charge in [0.05, 0.1) is 31.8 Å². The van der Waals surface area contributed by atoms with Crippen molar-refractivity contribution in [3.63, 3.8) is 0 Å². The summed E-state index contributed by atoms with van der Waals surface area (Å²) in [6.07, 6.45) is 19.4. The molecule has 0 saturated carbocycles. The first-order valence-electron chi connectivity index (χ1n) is 13.7. The summed E-state index contributed by atoms with van der Waals surface area (Å²) in [5.74, 6) is 0. The highest BCUT2D eigenvalue weighted by Crippen LogP contribution is 2.34. The zero-order valence-corrected chi connectivity index (χ0v) is 24.2. The Labute approximate surface area is 217 Å². The zero-order valence-electron chi connectivity index (χ0n) is 22.4. The van der Waals surface area contributed by atoms with Crippen LogP contribution in [0.4, 0.5) is 0 Å². The minimum Gasteiger partial charge on any atom is -0.381 e. The molecule has 0 heterocycles. The molecule has 0 atom stereocenters. The highest BCUT2D eigenvalue weighted by atomic mass is 31.2. The van der Waals surface area contributed by atoms with E-state index in [2.05, 4.69) is 13.8 Å². The van der Waals surface area contributed by atoms with Crippen molar-refractivity contribution < 1.29 is 38.1 Å². The van der Waals surface area contributed by atoms with Crippen LogP contribution in [0.5, 0.6) is 0 Å². The van der Waals surface area contributed by atoms with Crippen molar-refractivity contribution in [2.45, 2.75) is 117 Å². The molecule has 4 N–H and O–H groups in total. The Morgan fingerprint density at radius 2 is 0.771 bits per heavy atom. The Morgan fingerprint density at radius 3 is 1.09 bits per heavy atom. The molecule has 0 saturated heterocycles. The summed E-state index contributed by atoms with van der Waals surface area (Å²) in [6.45, 7) is 5.90. The van der Waals surface area contributed by atoms with Gasteiger partial charge in [0.25, 0.3) is 0 Å². The van der Waals surface area contributed by atoms with Crippen LogP contribution in [-0.2, 0) is 18.5 Å². The molecule has 212 valence electrons. The third-order valence-electron chi connectivity index (χ3n) is 6.07. The highest BCUT2D eigenvalue weighted by Gasteiger charge is 2.34. The quantitative estimate of drug-likeness (QED) is 0.0632. The molecule has 0 aromatic carbocycles. The third kappa shape index (κ3) is 24.6. The van der Waals surface area contributed by atoms with Crippen molar-refractivity contribution in [3.05, 3.63) is 0 Å². The van der Waals surface area contributed by atoms with Gasteiger partial charge in [0.15, 0.2) is 0 Å². The number of unbranched alkanes of at least 4 members (excludes halogenated alkanes) is 14. The molecule has 0 fully saturated rings. The molecule has 0 bridgehead atoms. The smallest absolute Gasteiger partial charge is 0.327 e. The number of rotatable bonds is 28. The van der Waals surface area contributed by atoms with Crippen molar-refractivity contribution >= 4 is 17.2 Å². The van der Waals surface area contributed by atoms with Gasteiger partial charge in [-0.1, -0.05) is 104 Å². The zero-order chi connectivity index (χ0) is 26.0. The molecule has 35 heavy (non-hydrogen) atoms. The van der Waals surface area contributed by atoms with Gasteiger partial charge in [-0.3, -0.25) is 0 Å². The summed E-state index contributed by atoms with van der Waals surface area (Å²) >= 11 is 0. The van der Waals surface area contributed by atoms with Crippen LogP contribution in [0.1, 0.15) is 117 Å². The van der Waals surface area contributed by atoms with Gasteiger partial charge in [-0.15, -0.1) is 0 Å². The molecule has 0 rings (SSSR count). The Bertz CT molecular complexity index is 392. The Kier molecular flexibility index (Phi) is 26.6. The van der Waals surface area contributed by atoms with E-state index in [9.17, 15) is 19.6 Å². The van der Waals surface area contributed by atoms with Crippen molar-refractivity contribution in [2.75, 3.05) is 39.6 Å². The van der Waals surface area contributed by atoms with Crippen LogP contribution in [0, 0.1) is 5.41 Å². The lowest BCUT2D eigenvalue weighted by Gasteiger charge is -2.32. The van der Waals surface area contributed by atoms with Gasteiger partial charge in [-0.25, -0.2) is 0 Å². The Balaban J connectivity index is 4.40. The molecule has 0 aliphatic rings. The fraction of sp³-hybridized carbons (Fsp3) is 1.00. The maximum atomic E-state index is 9.27.